The van der Waals surface area contributed by atoms with Crippen molar-refractivity contribution in [2.75, 3.05) is 32.8 Å². The summed E-state index contributed by atoms with van der Waals surface area (Å²) in [4.78, 5) is 44.1. The van der Waals surface area contributed by atoms with E-state index in [1.807, 2.05) is 58.9 Å². The number of halogens is 3. The van der Waals surface area contributed by atoms with Gasteiger partial charge in [-0.05, 0) is 103 Å². The molecule has 0 atom stereocenters. The molecule has 47 heavy (non-hydrogen) atoms. The maximum atomic E-state index is 12.4. The van der Waals surface area contributed by atoms with Gasteiger partial charge in [0, 0.05) is 57.6 Å². The van der Waals surface area contributed by atoms with Gasteiger partial charge >= 0.3 is 6.09 Å². The Kier molecular flexibility index (Phi) is 28.6. The molecule has 2 rings (SSSR count). The number of ketones is 2. The smallest absolute Gasteiger partial charge is 0.410 e. The van der Waals surface area contributed by atoms with Gasteiger partial charge in [-0.2, -0.15) is 0 Å². The first kappa shape index (κ1) is 46.8. The summed E-state index contributed by atoms with van der Waals surface area (Å²) in [6.07, 6.45) is 13.8. The molecule has 2 aromatic heterocycles. The van der Waals surface area contributed by atoms with Crippen LogP contribution in [0.1, 0.15) is 73.6 Å². The van der Waals surface area contributed by atoms with E-state index >= 15 is 0 Å². The molecule has 0 aliphatic rings. The highest BCUT2D eigenvalue weighted by Crippen LogP contribution is 2.12. The number of carbonyl (C=O) groups is 3. The fraction of sp³-hybridized carbons (Fsp3) is 0.500. The van der Waals surface area contributed by atoms with Crippen molar-refractivity contribution in [2.24, 2.45) is 5.73 Å². The topological polar surface area (TPSA) is 134 Å². The molecule has 0 saturated heterocycles. The quantitative estimate of drug-likeness (QED) is 0.132. The van der Waals surface area contributed by atoms with E-state index in [1.165, 1.54) is 0 Å². The second kappa shape index (κ2) is 28.7. The average Bonchev–Trinajstić information content (AvgIpc) is 3.02. The molecule has 0 spiro atoms. The van der Waals surface area contributed by atoms with Crippen LogP contribution in [-0.2, 0) is 14.3 Å². The number of hydrogen-bond acceptors (Lipinski definition) is 9. The van der Waals surface area contributed by atoms with Crippen molar-refractivity contribution in [3.8, 4) is 11.8 Å². The van der Waals surface area contributed by atoms with Crippen LogP contribution in [0, 0.1) is 7.14 Å². The highest BCUT2D eigenvalue weighted by molar-refractivity contribution is 14.1. The van der Waals surface area contributed by atoms with Gasteiger partial charge in [0.25, 0.3) is 0 Å². The molecule has 0 unspecified atom stereocenters. The van der Waals surface area contributed by atoms with Gasteiger partial charge in [-0.3, -0.25) is 9.59 Å². The van der Waals surface area contributed by atoms with E-state index in [0.29, 0.717) is 63.9 Å². The third kappa shape index (κ3) is 27.4. The van der Waals surface area contributed by atoms with Crippen LogP contribution < -0.4 is 15.2 Å². The minimum atomic E-state index is -0.568. The lowest BCUT2D eigenvalue weighted by atomic mass is 10.2. The predicted octanol–water partition coefficient (Wildman–Crippen LogP) is 7.99. The van der Waals surface area contributed by atoms with Crippen LogP contribution in [0.5, 0.6) is 11.8 Å². The fourth-order valence-corrected chi connectivity index (χ4v) is 3.64. The molecule has 1 amide bonds. The summed E-state index contributed by atoms with van der Waals surface area (Å²) in [5, 5.41) is 0. The lowest BCUT2D eigenvalue weighted by Crippen LogP contribution is -2.39. The normalized spacial score (nSPS) is 10.6. The number of allylic oxidation sites excluding steroid dienone is 3. The Hall–Kier alpha value is -2.30. The van der Waals surface area contributed by atoms with Crippen LogP contribution >= 0.6 is 57.6 Å². The van der Waals surface area contributed by atoms with Crippen LogP contribution in [0.3, 0.4) is 0 Å². The Balaban J connectivity index is 0. The lowest BCUT2D eigenvalue weighted by Gasteiger charge is -2.27. The minimum absolute atomic E-state index is 0. The number of nitrogens with two attached hydrogens (primary N) is 1. The molecule has 0 aliphatic carbocycles. The number of nitrogens with zero attached hydrogens (tertiary/aromatic N) is 3. The zero-order valence-corrected chi connectivity index (χ0v) is 33.5. The number of ether oxygens (including phenoxy) is 3. The number of carbonyl (C=O) groups excluding carboxylic acids is 3. The largest absolute Gasteiger partial charge is 0.476 e. The van der Waals surface area contributed by atoms with Crippen molar-refractivity contribution in [3.05, 3.63) is 68.1 Å². The van der Waals surface area contributed by atoms with E-state index in [9.17, 15) is 14.4 Å². The third-order valence-corrected chi connectivity index (χ3v) is 6.63. The number of aromatic nitrogens is 2. The second-order valence-electron chi connectivity index (χ2n) is 10.6. The second-order valence-corrected chi connectivity index (χ2v) is 13.1. The molecule has 264 valence electrons. The molecule has 0 aromatic carbocycles. The van der Waals surface area contributed by atoms with E-state index in [4.69, 9.17) is 19.9 Å². The van der Waals surface area contributed by atoms with Gasteiger partial charge in [0.05, 0.1) is 6.54 Å². The highest BCUT2D eigenvalue weighted by atomic mass is 127. The molecule has 0 saturated carbocycles. The third-order valence-electron chi connectivity index (χ3n) is 5.36. The molecule has 0 aliphatic heterocycles. The number of pyridine rings is 2. The molecular weight excluding hydrogens is 850 g/mol. The SMILES string of the molecule is CCC(=O)/C=C/CCN(CCOc1ccc(I)cn1)C(=O)OC(C)(C)C.CCC/C=C/C(=O)CC.Cl.NCCOc1ccc(I)cn1. The van der Waals surface area contributed by atoms with E-state index in [-0.39, 0.29) is 24.0 Å². The first-order valence-electron chi connectivity index (χ1n) is 15.4. The van der Waals surface area contributed by atoms with E-state index in [0.717, 1.165) is 20.0 Å². The Morgan fingerprint density at radius 1 is 0.809 bits per heavy atom. The zero-order chi connectivity index (χ0) is 34.8. The van der Waals surface area contributed by atoms with Gasteiger partial charge in [-0.1, -0.05) is 39.3 Å². The molecule has 2 aromatic rings. The van der Waals surface area contributed by atoms with Crippen LogP contribution in [0.2, 0.25) is 0 Å². The minimum Gasteiger partial charge on any atom is -0.476 e. The van der Waals surface area contributed by atoms with Crippen molar-refractivity contribution < 1.29 is 28.6 Å². The van der Waals surface area contributed by atoms with E-state index < -0.39 is 11.7 Å². The summed E-state index contributed by atoms with van der Waals surface area (Å²) in [6.45, 7) is 13.4. The average molecular weight is 901 g/mol. The monoisotopic (exact) mass is 900 g/mol. The standard InChI is InChI=1S/C19H27IN2O4.C8H14O.C7H9IN2O.ClH/c1-5-16(23)8-6-7-11-22(18(24)26-19(2,3)4)12-13-25-17-10-9-15(20)14-21-17;1-3-5-6-7-8(9)4-2;8-6-1-2-7(10-5-6)11-4-3-9;/h6,8-10,14H,5,7,11-13H2,1-4H3;6-7H,3-5H2,1-2H3;1-2,5H,3-4,9H2;1H/b8-6+;7-6+;;. The van der Waals surface area contributed by atoms with Crippen LogP contribution in [0.15, 0.2) is 61.0 Å². The van der Waals surface area contributed by atoms with Crippen molar-refractivity contribution in [3.63, 3.8) is 0 Å². The summed E-state index contributed by atoms with van der Waals surface area (Å²) < 4.78 is 18.3. The van der Waals surface area contributed by atoms with Gasteiger partial charge in [0.15, 0.2) is 11.6 Å². The molecule has 2 N–H and O–H groups in total. The summed E-state index contributed by atoms with van der Waals surface area (Å²) in [5.41, 5.74) is 4.68. The zero-order valence-electron chi connectivity index (χ0n) is 28.4. The van der Waals surface area contributed by atoms with Gasteiger partial charge < -0.3 is 24.8 Å². The summed E-state index contributed by atoms with van der Waals surface area (Å²) >= 11 is 4.37. The van der Waals surface area contributed by atoms with Crippen LogP contribution in [-0.4, -0.2) is 71.0 Å². The van der Waals surface area contributed by atoms with E-state index in [2.05, 4.69) is 62.1 Å². The van der Waals surface area contributed by atoms with Crippen molar-refractivity contribution in [1.82, 2.24) is 14.9 Å². The van der Waals surface area contributed by atoms with E-state index in [1.54, 1.807) is 41.6 Å². The maximum Gasteiger partial charge on any atom is 0.410 e. The maximum absolute atomic E-state index is 12.4. The molecular formula is C34H51ClI2N4O6. The van der Waals surface area contributed by atoms with Crippen LogP contribution in [0.25, 0.3) is 0 Å². The van der Waals surface area contributed by atoms with Gasteiger partial charge in [-0.25, -0.2) is 14.8 Å². The molecule has 2 heterocycles. The number of hydrogen-bond donors (Lipinski definition) is 1. The Morgan fingerprint density at radius 3 is 1.70 bits per heavy atom. The molecule has 13 heteroatoms. The number of amides is 1. The highest BCUT2D eigenvalue weighted by Gasteiger charge is 2.21. The molecule has 0 radical (unpaired) electrons. The van der Waals surface area contributed by atoms with Gasteiger partial charge in [0.2, 0.25) is 11.8 Å². The first-order chi connectivity index (χ1) is 21.8. The van der Waals surface area contributed by atoms with Crippen molar-refractivity contribution >= 4 is 75.2 Å². The first-order valence-corrected chi connectivity index (χ1v) is 17.6. The summed E-state index contributed by atoms with van der Waals surface area (Å²) in [5.74, 6) is 1.45. The fourth-order valence-electron chi connectivity index (χ4n) is 3.00. The van der Waals surface area contributed by atoms with Crippen molar-refractivity contribution in [1.29, 1.82) is 0 Å². The molecule has 0 fully saturated rings. The predicted molar refractivity (Wildman–Crippen MR) is 207 cm³/mol. The number of unbranched alkanes of at least 4 members (excludes halogenated alkanes) is 1. The molecule has 10 nitrogen and oxygen atoms in total. The molecule has 0 bridgehead atoms. The van der Waals surface area contributed by atoms with Gasteiger partial charge in [0.1, 0.15) is 18.8 Å². The summed E-state index contributed by atoms with van der Waals surface area (Å²) in [7, 11) is 0. The number of rotatable bonds is 16. The Morgan fingerprint density at radius 2 is 1.30 bits per heavy atom. The van der Waals surface area contributed by atoms with Crippen LogP contribution in [0.4, 0.5) is 4.79 Å². The lowest BCUT2D eigenvalue weighted by molar-refractivity contribution is -0.115. The van der Waals surface area contributed by atoms with Crippen molar-refractivity contribution in [2.45, 2.75) is 79.2 Å². The van der Waals surface area contributed by atoms with Gasteiger partial charge in [-0.15, -0.1) is 12.4 Å². The Bertz CT molecular complexity index is 1190. The summed E-state index contributed by atoms with van der Waals surface area (Å²) in [6, 6.07) is 7.47. The Labute approximate surface area is 314 Å².